The van der Waals surface area contributed by atoms with Crippen molar-refractivity contribution >= 4 is 27.9 Å². The zero-order valence-corrected chi connectivity index (χ0v) is 19.3. The molecule has 182 valence electrons. The van der Waals surface area contributed by atoms with Crippen LogP contribution in [-0.2, 0) is 0 Å². The first-order valence-electron chi connectivity index (χ1n) is 12.2. The Balaban J connectivity index is 1.21. The number of rotatable bonds is 8. The molecule has 0 bridgehead atoms. The second-order valence-electron chi connectivity index (χ2n) is 9.46. The molecule has 4 heterocycles. The zero-order chi connectivity index (χ0) is 23.8. The number of aliphatic hydroxyl groups excluding tert-OH is 2. The van der Waals surface area contributed by atoms with Crippen LogP contribution in [0, 0.1) is 5.92 Å². The molecule has 2 unspecified atom stereocenters. The number of nitrogens with zero attached hydrogens (tertiary/aromatic N) is 5. The molecule has 1 saturated heterocycles. The number of H-pyrrole nitrogens is 1. The number of aliphatic hydroxyl groups is 2. The van der Waals surface area contributed by atoms with Crippen molar-refractivity contribution in [3.8, 4) is 5.75 Å². The van der Waals surface area contributed by atoms with Gasteiger partial charge in [-0.05, 0) is 43.7 Å². The lowest BCUT2D eigenvalue weighted by Crippen LogP contribution is -2.37. The molecule has 35 heavy (non-hydrogen) atoms. The van der Waals surface area contributed by atoms with Gasteiger partial charge >= 0.3 is 0 Å². The van der Waals surface area contributed by atoms with E-state index in [0.717, 1.165) is 54.5 Å². The molecule has 1 aliphatic carbocycles. The van der Waals surface area contributed by atoms with E-state index in [-0.39, 0.29) is 12.1 Å². The molecule has 1 aliphatic heterocycles. The van der Waals surface area contributed by atoms with E-state index in [1.54, 1.807) is 12.7 Å². The molecule has 4 aromatic rings. The van der Waals surface area contributed by atoms with Crippen molar-refractivity contribution in [1.29, 1.82) is 0 Å². The van der Waals surface area contributed by atoms with Crippen LogP contribution in [0.5, 0.6) is 5.75 Å². The standard InChI is InChI=1S/C25H29N7O3/c33-17-8-15(9-17)11-26-25(34)20-10-21(18-5-1-2-6-19(18)31-20)35-12-16-4-3-7-32(16)24-22-23(28-13-27-22)29-14-30-24/h1-2,5-6,10,13-17,25-26,33-34H,3-4,7-9,11-12H2,(H,27,28,29,30). The van der Waals surface area contributed by atoms with Gasteiger partial charge in [-0.1, -0.05) is 12.1 Å². The van der Waals surface area contributed by atoms with Crippen LogP contribution in [0.3, 0.4) is 0 Å². The monoisotopic (exact) mass is 475 g/mol. The zero-order valence-electron chi connectivity index (χ0n) is 19.3. The topological polar surface area (TPSA) is 132 Å². The first-order valence-corrected chi connectivity index (χ1v) is 12.2. The van der Waals surface area contributed by atoms with Gasteiger partial charge in [0.2, 0.25) is 0 Å². The summed E-state index contributed by atoms with van der Waals surface area (Å²) < 4.78 is 6.39. The number of hydrogen-bond acceptors (Lipinski definition) is 9. The van der Waals surface area contributed by atoms with Gasteiger partial charge in [0.1, 0.15) is 30.4 Å². The smallest absolute Gasteiger partial charge is 0.182 e. The third-order valence-corrected chi connectivity index (χ3v) is 7.07. The predicted molar refractivity (Wildman–Crippen MR) is 131 cm³/mol. The van der Waals surface area contributed by atoms with Gasteiger partial charge in [-0.3, -0.25) is 5.32 Å². The van der Waals surface area contributed by atoms with E-state index in [2.05, 4.69) is 35.1 Å². The Bertz CT molecular complexity index is 1320. The largest absolute Gasteiger partial charge is 0.491 e. The van der Waals surface area contributed by atoms with Gasteiger partial charge in [0.25, 0.3) is 0 Å². The van der Waals surface area contributed by atoms with Crippen molar-refractivity contribution in [2.75, 3.05) is 24.6 Å². The molecule has 1 aromatic carbocycles. The van der Waals surface area contributed by atoms with Crippen LogP contribution < -0.4 is 15.0 Å². The number of benzene rings is 1. The fourth-order valence-corrected chi connectivity index (χ4v) is 5.12. The molecule has 2 atom stereocenters. The summed E-state index contributed by atoms with van der Waals surface area (Å²) in [5.74, 6) is 1.93. The summed E-state index contributed by atoms with van der Waals surface area (Å²) in [6, 6.07) is 9.79. The number of hydrogen-bond donors (Lipinski definition) is 4. The fraction of sp³-hybridized carbons (Fsp3) is 0.440. The van der Waals surface area contributed by atoms with E-state index in [9.17, 15) is 10.2 Å². The second kappa shape index (κ2) is 9.37. The minimum Gasteiger partial charge on any atom is -0.491 e. The lowest BCUT2D eigenvalue weighted by atomic mass is 9.82. The first-order chi connectivity index (χ1) is 17.2. The van der Waals surface area contributed by atoms with Crippen molar-refractivity contribution in [2.24, 2.45) is 5.92 Å². The van der Waals surface area contributed by atoms with Crippen LogP contribution in [-0.4, -0.2) is 67.0 Å². The molecule has 0 amide bonds. The Hall–Kier alpha value is -3.34. The average Bonchev–Trinajstić information content (AvgIpc) is 3.53. The summed E-state index contributed by atoms with van der Waals surface area (Å²) in [4.78, 5) is 23.1. The van der Waals surface area contributed by atoms with Crippen LogP contribution in [0.25, 0.3) is 22.1 Å². The molecule has 10 heteroatoms. The Morgan fingerprint density at radius 2 is 2.09 bits per heavy atom. The Labute approximate surface area is 202 Å². The third-order valence-electron chi connectivity index (χ3n) is 7.07. The van der Waals surface area contributed by atoms with Gasteiger partial charge < -0.3 is 24.8 Å². The highest BCUT2D eigenvalue weighted by Gasteiger charge is 2.29. The maximum atomic E-state index is 10.8. The van der Waals surface area contributed by atoms with Gasteiger partial charge in [-0.15, -0.1) is 0 Å². The van der Waals surface area contributed by atoms with E-state index in [0.29, 0.717) is 36.2 Å². The van der Waals surface area contributed by atoms with Gasteiger partial charge in [0.15, 0.2) is 11.5 Å². The minimum absolute atomic E-state index is 0.153. The van der Waals surface area contributed by atoms with Crippen molar-refractivity contribution in [3.05, 3.63) is 48.7 Å². The maximum absolute atomic E-state index is 10.8. The number of fused-ring (bicyclic) bond motifs is 2. The van der Waals surface area contributed by atoms with Crippen molar-refractivity contribution < 1.29 is 14.9 Å². The van der Waals surface area contributed by atoms with Crippen LogP contribution in [0.4, 0.5) is 5.82 Å². The fourth-order valence-electron chi connectivity index (χ4n) is 5.12. The summed E-state index contributed by atoms with van der Waals surface area (Å²) in [6.07, 6.45) is 5.67. The predicted octanol–water partition coefficient (Wildman–Crippen LogP) is 2.30. The minimum atomic E-state index is -0.905. The molecular formula is C25H29N7O3. The number of imidazole rings is 1. The van der Waals surface area contributed by atoms with Crippen LogP contribution >= 0.6 is 0 Å². The van der Waals surface area contributed by atoms with E-state index < -0.39 is 6.23 Å². The molecular weight excluding hydrogens is 446 g/mol. The Kier molecular flexibility index (Phi) is 5.93. The molecule has 0 radical (unpaired) electrons. The third kappa shape index (κ3) is 4.40. The summed E-state index contributed by atoms with van der Waals surface area (Å²) in [7, 11) is 0. The maximum Gasteiger partial charge on any atom is 0.182 e. The quantitative estimate of drug-likeness (QED) is 0.283. The average molecular weight is 476 g/mol. The van der Waals surface area contributed by atoms with Gasteiger partial charge in [-0.2, -0.15) is 0 Å². The van der Waals surface area contributed by atoms with E-state index in [4.69, 9.17) is 4.74 Å². The lowest BCUT2D eigenvalue weighted by Gasteiger charge is -2.32. The summed E-state index contributed by atoms with van der Waals surface area (Å²) in [6.45, 7) is 2.01. The normalized spacial score (nSPS) is 23.0. The number of anilines is 1. The van der Waals surface area contributed by atoms with E-state index >= 15 is 0 Å². The Morgan fingerprint density at radius 1 is 1.20 bits per heavy atom. The molecule has 4 N–H and O–H groups in total. The molecule has 0 spiro atoms. The first kappa shape index (κ1) is 22.1. The van der Waals surface area contributed by atoms with Crippen LogP contribution in [0.15, 0.2) is 43.0 Å². The van der Waals surface area contributed by atoms with Gasteiger partial charge in [0.05, 0.1) is 29.7 Å². The van der Waals surface area contributed by atoms with Gasteiger partial charge in [0, 0.05) is 24.5 Å². The molecule has 2 fully saturated rings. The molecule has 2 aliphatic rings. The second-order valence-corrected chi connectivity index (χ2v) is 9.46. The summed E-state index contributed by atoms with van der Waals surface area (Å²) in [5.41, 5.74) is 2.79. The highest BCUT2D eigenvalue weighted by molar-refractivity contribution is 5.85. The van der Waals surface area contributed by atoms with E-state index in [1.165, 1.54) is 0 Å². The van der Waals surface area contributed by atoms with E-state index in [1.807, 2.05) is 30.3 Å². The number of pyridine rings is 1. The molecule has 6 rings (SSSR count). The number of nitrogens with one attached hydrogen (secondary N) is 2. The summed E-state index contributed by atoms with van der Waals surface area (Å²) >= 11 is 0. The SMILES string of the molecule is OC1CC(CNC(O)c2cc(OCC3CCCN3c3ncnc4nc[nH]c34)c3ccccc3n2)C1. The summed E-state index contributed by atoms with van der Waals surface area (Å²) in [5, 5.41) is 24.3. The molecule has 10 nitrogen and oxygen atoms in total. The highest BCUT2D eigenvalue weighted by Crippen LogP contribution is 2.32. The van der Waals surface area contributed by atoms with Crippen molar-refractivity contribution in [2.45, 2.75) is 44.1 Å². The van der Waals surface area contributed by atoms with Gasteiger partial charge in [-0.25, -0.2) is 19.9 Å². The van der Waals surface area contributed by atoms with Crippen molar-refractivity contribution in [1.82, 2.24) is 30.2 Å². The number of aromatic nitrogens is 5. The highest BCUT2D eigenvalue weighted by atomic mass is 16.5. The van der Waals surface area contributed by atoms with Crippen LogP contribution in [0.1, 0.15) is 37.6 Å². The molecule has 1 saturated carbocycles. The van der Waals surface area contributed by atoms with Crippen LogP contribution in [0.2, 0.25) is 0 Å². The number of para-hydroxylation sites is 1. The van der Waals surface area contributed by atoms with Crippen molar-refractivity contribution in [3.63, 3.8) is 0 Å². The Morgan fingerprint density at radius 3 is 2.97 bits per heavy atom. The molecule has 3 aromatic heterocycles. The number of ether oxygens (including phenoxy) is 1. The number of aromatic amines is 1. The lowest BCUT2D eigenvalue weighted by molar-refractivity contribution is 0.0318.